The molecule has 0 saturated carbocycles. The number of carboxylic acids is 1. The predicted molar refractivity (Wildman–Crippen MR) is 88.8 cm³/mol. The maximum atomic E-state index is 12.0. The van der Waals surface area contributed by atoms with Crippen LogP contribution in [0.3, 0.4) is 0 Å². The summed E-state index contributed by atoms with van der Waals surface area (Å²) in [4.78, 5) is 12.0. The van der Waals surface area contributed by atoms with Gasteiger partial charge in [-0.15, -0.1) is 0 Å². The molecule has 1 atom stereocenters. The molecule has 23 heavy (non-hydrogen) atoms. The van der Waals surface area contributed by atoms with E-state index in [0.717, 1.165) is 18.4 Å². The van der Waals surface area contributed by atoms with E-state index in [0.29, 0.717) is 12.2 Å². The second-order valence-corrected chi connectivity index (χ2v) is 5.66. The average molecular weight is 314 g/mol. The summed E-state index contributed by atoms with van der Waals surface area (Å²) >= 11 is 0. The first kappa shape index (κ1) is 16.9. The number of phenols is 1. The smallest absolute Gasteiger partial charge is 0.348 e. The number of para-hydroxylation sites is 1. The Bertz CT molecular complexity index is 622. The number of rotatable bonds is 8. The molecule has 0 aliphatic rings. The van der Waals surface area contributed by atoms with Crippen LogP contribution in [0.15, 0.2) is 54.6 Å². The molecule has 2 aromatic carbocycles. The van der Waals surface area contributed by atoms with E-state index in [1.165, 1.54) is 0 Å². The molecule has 1 unspecified atom stereocenters. The van der Waals surface area contributed by atoms with E-state index in [4.69, 9.17) is 4.74 Å². The highest BCUT2D eigenvalue weighted by Crippen LogP contribution is 2.28. The van der Waals surface area contributed by atoms with Crippen molar-refractivity contribution in [3.8, 4) is 11.5 Å². The molecule has 0 aliphatic heterocycles. The molecule has 0 fully saturated rings. The van der Waals surface area contributed by atoms with Crippen LogP contribution in [0.25, 0.3) is 0 Å². The van der Waals surface area contributed by atoms with E-state index in [2.05, 4.69) is 0 Å². The molecule has 0 heterocycles. The summed E-state index contributed by atoms with van der Waals surface area (Å²) in [5, 5.41) is 19.2. The Hall–Kier alpha value is -2.49. The minimum Gasteiger partial charge on any atom is -0.508 e. The maximum Gasteiger partial charge on any atom is 0.348 e. The number of carbonyl (C=O) groups is 1. The summed E-state index contributed by atoms with van der Waals surface area (Å²) in [6, 6.07) is 15.6. The number of hydrogen-bond acceptors (Lipinski definition) is 3. The quantitative estimate of drug-likeness (QED) is 0.772. The van der Waals surface area contributed by atoms with E-state index in [-0.39, 0.29) is 12.2 Å². The van der Waals surface area contributed by atoms with Crippen LogP contribution in [0.5, 0.6) is 11.5 Å². The Morgan fingerprint density at radius 3 is 2.30 bits per heavy atom. The second-order valence-electron chi connectivity index (χ2n) is 5.66. The summed E-state index contributed by atoms with van der Waals surface area (Å²) in [5.41, 5.74) is -0.494. The summed E-state index contributed by atoms with van der Waals surface area (Å²) < 4.78 is 5.94. The van der Waals surface area contributed by atoms with E-state index in [1.54, 1.807) is 36.4 Å². The van der Waals surface area contributed by atoms with Crippen molar-refractivity contribution in [2.75, 3.05) is 0 Å². The third-order valence-electron chi connectivity index (χ3n) is 3.81. The number of aliphatic carboxylic acids is 1. The standard InChI is InChI=1S/C19H22O4/c1-2-3-13-19(18(21)22,23-17-7-5-4-6-8-17)14-15-9-11-16(20)12-10-15/h4-12,20H,2-3,13-14H2,1H3,(H,21,22). The van der Waals surface area contributed by atoms with Gasteiger partial charge in [-0.1, -0.05) is 43.7 Å². The van der Waals surface area contributed by atoms with Crippen molar-refractivity contribution in [3.05, 3.63) is 60.2 Å². The van der Waals surface area contributed by atoms with Crippen LogP contribution < -0.4 is 4.74 Å². The first-order chi connectivity index (χ1) is 11.1. The molecule has 0 amide bonds. The lowest BCUT2D eigenvalue weighted by molar-refractivity contribution is -0.156. The largest absolute Gasteiger partial charge is 0.508 e. The molecule has 2 rings (SSSR count). The Morgan fingerprint density at radius 1 is 1.09 bits per heavy atom. The lowest BCUT2D eigenvalue weighted by atomic mass is 9.89. The topological polar surface area (TPSA) is 66.8 Å². The van der Waals surface area contributed by atoms with Gasteiger partial charge in [-0.2, -0.15) is 0 Å². The highest BCUT2D eigenvalue weighted by atomic mass is 16.5. The van der Waals surface area contributed by atoms with Crippen molar-refractivity contribution in [2.45, 2.75) is 38.2 Å². The monoisotopic (exact) mass is 314 g/mol. The molecule has 0 aromatic heterocycles. The minimum atomic E-state index is -1.31. The third kappa shape index (κ3) is 4.49. The van der Waals surface area contributed by atoms with Crippen molar-refractivity contribution in [3.63, 3.8) is 0 Å². The fraction of sp³-hybridized carbons (Fsp3) is 0.316. The highest BCUT2D eigenvalue weighted by Gasteiger charge is 2.40. The molecule has 0 bridgehead atoms. The molecule has 4 heteroatoms. The van der Waals surface area contributed by atoms with Crippen molar-refractivity contribution < 1.29 is 19.7 Å². The number of carboxylic acid groups (broad SMARTS) is 1. The number of aromatic hydroxyl groups is 1. The van der Waals surface area contributed by atoms with Crippen LogP contribution in [0.1, 0.15) is 31.7 Å². The average Bonchev–Trinajstić information content (AvgIpc) is 2.55. The molecule has 122 valence electrons. The molecule has 2 aromatic rings. The van der Waals surface area contributed by atoms with E-state index >= 15 is 0 Å². The molecular formula is C19H22O4. The van der Waals surface area contributed by atoms with Crippen LogP contribution in [0, 0.1) is 0 Å². The number of phenolic OH excluding ortho intramolecular Hbond substituents is 1. The van der Waals surface area contributed by atoms with Crippen LogP contribution in [-0.2, 0) is 11.2 Å². The van der Waals surface area contributed by atoms with Gasteiger partial charge in [-0.05, 0) is 42.7 Å². The molecule has 0 saturated heterocycles. The van der Waals surface area contributed by atoms with Crippen molar-refractivity contribution >= 4 is 5.97 Å². The normalized spacial score (nSPS) is 13.3. The van der Waals surface area contributed by atoms with Gasteiger partial charge in [-0.25, -0.2) is 4.79 Å². The number of unbranched alkanes of at least 4 members (excludes halogenated alkanes) is 1. The zero-order chi connectivity index (χ0) is 16.7. The van der Waals surface area contributed by atoms with Gasteiger partial charge in [0.05, 0.1) is 0 Å². The summed E-state index contributed by atoms with van der Waals surface area (Å²) in [6.45, 7) is 2.02. The molecular weight excluding hydrogens is 292 g/mol. The van der Waals surface area contributed by atoms with Gasteiger partial charge < -0.3 is 14.9 Å². The molecule has 0 aliphatic carbocycles. The SMILES string of the molecule is CCCCC(Cc1ccc(O)cc1)(Oc1ccccc1)C(=O)O. The fourth-order valence-electron chi connectivity index (χ4n) is 2.52. The summed E-state index contributed by atoms with van der Waals surface area (Å²) in [6.07, 6.45) is 2.33. The van der Waals surface area contributed by atoms with Gasteiger partial charge in [0.1, 0.15) is 11.5 Å². The number of ether oxygens (including phenoxy) is 1. The summed E-state index contributed by atoms with van der Waals surface area (Å²) in [5.74, 6) is -0.264. The Balaban J connectivity index is 2.31. The van der Waals surface area contributed by atoms with Crippen LogP contribution in [0.4, 0.5) is 0 Å². The second kappa shape index (κ2) is 7.68. The van der Waals surface area contributed by atoms with E-state index < -0.39 is 11.6 Å². The first-order valence-electron chi connectivity index (χ1n) is 7.81. The van der Waals surface area contributed by atoms with Crippen molar-refractivity contribution in [2.24, 2.45) is 0 Å². The van der Waals surface area contributed by atoms with Gasteiger partial charge in [0.25, 0.3) is 0 Å². The van der Waals surface area contributed by atoms with Gasteiger partial charge in [0.15, 0.2) is 0 Å². The molecule has 0 spiro atoms. The van der Waals surface area contributed by atoms with Crippen LogP contribution in [-0.4, -0.2) is 21.8 Å². The predicted octanol–water partition coefficient (Wildman–Crippen LogP) is 4.03. The van der Waals surface area contributed by atoms with Crippen molar-refractivity contribution in [1.29, 1.82) is 0 Å². The van der Waals surface area contributed by atoms with Gasteiger partial charge >= 0.3 is 5.97 Å². The molecule has 4 nitrogen and oxygen atoms in total. The fourth-order valence-corrected chi connectivity index (χ4v) is 2.52. The summed E-state index contributed by atoms with van der Waals surface area (Å²) in [7, 11) is 0. The minimum absolute atomic E-state index is 0.159. The Labute approximate surface area is 136 Å². The van der Waals surface area contributed by atoms with Gasteiger partial charge in [0.2, 0.25) is 5.60 Å². The first-order valence-corrected chi connectivity index (χ1v) is 7.81. The Kier molecular flexibility index (Phi) is 5.63. The van der Waals surface area contributed by atoms with Gasteiger partial charge in [0, 0.05) is 6.42 Å². The maximum absolute atomic E-state index is 12.0. The number of hydrogen-bond donors (Lipinski definition) is 2. The molecule has 0 radical (unpaired) electrons. The van der Waals surface area contributed by atoms with E-state index in [9.17, 15) is 15.0 Å². The van der Waals surface area contributed by atoms with Crippen LogP contribution >= 0.6 is 0 Å². The zero-order valence-electron chi connectivity index (χ0n) is 13.2. The number of benzene rings is 2. The highest BCUT2D eigenvalue weighted by molar-refractivity contribution is 5.78. The molecule has 2 N–H and O–H groups in total. The Morgan fingerprint density at radius 2 is 1.74 bits per heavy atom. The van der Waals surface area contributed by atoms with Crippen molar-refractivity contribution in [1.82, 2.24) is 0 Å². The van der Waals surface area contributed by atoms with Gasteiger partial charge in [-0.3, -0.25) is 0 Å². The lowest BCUT2D eigenvalue weighted by Crippen LogP contribution is -2.46. The van der Waals surface area contributed by atoms with Crippen LogP contribution in [0.2, 0.25) is 0 Å². The zero-order valence-corrected chi connectivity index (χ0v) is 13.2. The third-order valence-corrected chi connectivity index (χ3v) is 3.81. The lowest BCUT2D eigenvalue weighted by Gasteiger charge is -2.30. The van der Waals surface area contributed by atoms with E-state index in [1.807, 2.05) is 25.1 Å².